The van der Waals surface area contributed by atoms with E-state index >= 15 is 0 Å². The highest BCUT2D eigenvalue weighted by Crippen LogP contribution is 2.61. The molecule has 0 radical (unpaired) electrons. The van der Waals surface area contributed by atoms with Gasteiger partial charge in [-0.3, -0.25) is 0 Å². The van der Waals surface area contributed by atoms with Crippen LogP contribution in [0.4, 0.5) is 13.2 Å². The zero-order valence-corrected chi connectivity index (χ0v) is 7.15. The van der Waals surface area contributed by atoms with Gasteiger partial charge in [0.2, 0.25) is 0 Å². The molecule has 0 amide bonds. The van der Waals surface area contributed by atoms with Gasteiger partial charge in [-0.25, -0.2) is 13.2 Å². The maximum absolute atomic E-state index is 13.1. The molecule has 0 N–H and O–H groups in total. The molecular formula is C10H9F3. The van der Waals surface area contributed by atoms with E-state index in [0.717, 1.165) is 0 Å². The van der Waals surface area contributed by atoms with Crippen LogP contribution in [0.25, 0.3) is 0 Å². The van der Waals surface area contributed by atoms with E-state index in [1.54, 1.807) is 6.07 Å². The van der Waals surface area contributed by atoms with Crippen LogP contribution < -0.4 is 0 Å². The van der Waals surface area contributed by atoms with Gasteiger partial charge in [0.25, 0.3) is 5.92 Å². The molecule has 0 aromatic heterocycles. The number of halogens is 3. The molecule has 1 aliphatic carbocycles. The third-order valence-corrected chi connectivity index (χ3v) is 2.73. The van der Waals surface area contributed by atoms with Crippen LogP contribution in [0.2, 0.25) is 0 Å². The molecule has 1 aromatic carbocycles. The van der Waals surface area contributed by atoms with Crippen molar-refractivity contribution in [3.63, 3.8) is 0 Å². The Labute approximate surface area is 74.4 Å². The number of hydrogen-bond donors (Lipinski definition) is 0. The van der Waals surface area contributed by atoms with Crippen LogP contribution in [0.5, 0.6) is 0 Å². The zero-order chi connectivity index (χ0) is 9.69. The molecule has 0 bridgehead atoms. The monoisotopic (exact) mass is 186 g/mol. The molecular weight excluding hydrogens is 177 g/mol. The Morgan fingerprint density at radius 2 is 1.77 bits per heavy atom. The second kappa shape index (κ2) is 2.28. The van der Waals surface area contributed by atoms with Crippen LogP contribution in [-0.4, -0.2) is 5.92 Å². The van der Waals surface area contributed by atoms with Gasteiger partial charge in [0.05, 0.1) is 5.41 Å². The topological polar surface area (TPSA) is 0 Å². The van der Waals surface area contributed by atoms with Crippen LogP contribution in [0, 0.1) is 5.82 Å². The smallest absolute Gasteiger partial charge is 0.207 e. The third-order valence-electron chi connectivity index (χ3n) is 2.73. The lowest BCUT2D eigenvalue weighted by molar-refractivity contribution is 0.0911. The molecule has 0 aliphatic heterocycles. The summed E-state index contributed by atoms with van der Waals surface area (Å²) in [4.78, 5) is 0. The Kier molecular flexibility index (Phi) is 1.51. The molecule has 3 heteroatoms. The molecule has 1 aliphatic rings. The Morgan fingerprint density at radius 1 is 1.23 bits per heavy atom. The molecule has 0 heterocycles. The summed E-state index contributed by atoms with van der Waals surface area (Å²) in [7, 11) is 0. The first-order valence-electron chi connectivity index (χ1n) is 4.10. The molecule has 1 atom stereocenters. The summed E-state index contributed by atoms with van der Waals surface area (Å²) < 4.78 is 38.9. The third kappa shape index (κ3) is 1.06. The van der Waals surface area contributed by atoms with E-state index in [9.17, 15) is 13.2 Å². The second-order valence-electron chi connectivity index (χ2n) is 3.69. The van der Waals surface area contributed by atoms with Gasteiger partial charge in [-0.15, -0.1) is 0 Å². The van der Waals surface area contributed by atoms with Gasteiger partial charge in [-0.05, 0) is 18.6 Å². The van der Waals surface area contributed by atoms with Gasteiger partial charge in [-0.2, -0.15) is 0 Å². The van der Waals surface area contributed by atoms with Crippen molar-refractivity contribution < 1.29 is 13.2 Å². The van der Waals surface area contributed by atoms with Crippen LogP contribution in [0.3, 0.4) is 0 Å². The summed E-state index contributed by atoms with van der Waals surface area (Å²) in [5.74, 6) is -3.28. The van der Waals surface area contributed by atoms with Crippen molar-refractivity contribution in [3.8, 4) is 0 Å². The van der Waals surface area contributed by atoms with Crippen LogP contribution >= 0.6 is 0 Å². The molecule has 70 valence electrons. The van der Waals surface area contributed by atoms with Crippen molar-refractivity contribution >= 4 is 0 Å². The minimum Gasteiger partial charge on any atom is -0.207 e. The Hall–Kier alpha value is -0.990. The summed E-state index contributed by atoms with van der Waals surface area (Å²) in [6, 6.07) is 5.73. The number of hydrogen-bond acceptors (Lipinski definition) is 0. The first-order valence-corrected chi connectivity index (χ1v) is 4.10. The van der Waals surface area contributed by atoms with Gasteiger partial charge < -0.3 is 0 Å². The molecule has 0 saturated heterocycles. The molecule has 1 saturated carbocycles. The van der Waals surface area contributed by atoms with Crippen molar-refractivity contribution in [2.75, 3.05) is 0 Å². The van der Waals surface area contributed by atoms with E-state index in [2.05, 4.69) is 0 Å². The normalized spacial score (nSPS) is 30.2. The quantitative estimate of drug-likeness (QED) is 0.632. The number of benzene rings is 1. The Morgan fingerprint density at radius 3 is 2.23 bits per heavy atom. The molecule has 1 unspecified atom stereocenters. The van der Waals surface area contributed by atoms with Crippen LogP contribution in [-0.2, 0) is 5.41 Å². The highest BCUT2D eigenvalue weighted by Gasteiger charge is 2.69. The van der Waals surface area contributed by atoms with E-state index in [1.807, 2.05) is 0 Å². The van der Waals surface area contributed by atoms with Crippen molar-refractivity contribution in [2.45, 2.75) is 24.7 Å². The predicted molar refractivity (Wildman–Crippen MR) is 43.3 cm³/mol. The maximum Gasteiger partial charge on any atom is 0.258 e. The number of rotatable bonds is 1. The second-order valence-corrected chi connectivity index (χ2v) is 3.69. The van der Waals surface area contributed by atoms with Crippen molar-refractivity contribution in [2.24, 2.45) is 0 Å². The molecule has 0 nitrogen and oxygen atoms in total. The first-order chi connectivity index (χ1) is 5.97. The predicted octanol–water partition coefficient (Wildman–Crippen LogP) is 3.12. The van der Waals surface area contributed by atoms with Crippen molar-refractivity contribution in [1.29, 1.82) is 0 Å². The first kappa shape index (κ1) is 8.60. The van der Waals surface area contributed by atoms with Gasteiger partial charge in [-0.1, -0.05) is 18.2 Å². The molecule has 13 heavy (non-hydrogen) atoms. The van der Waals surface area contributed by atoms with Gasteiger partial charge >= 0.3 is 0 Å². The Balaban J connectivity index is 2.44. The van der Waals surface area contributed by atoms with Gasteiger partial charge in [0, 0.05) is 6.42 Å². The summed E-state index contributed by atoms with van der Waals surface area (Å²) in [5, 5.41) is 0. The minimum absolute atomic E-state index is 0.125. The Bertz CT molecular complexity index is 346. The zero-order valence-electron chi connectivity index (χ0n) is 7.15. The minimum atomic E-state index is -2.74. The molecule has 1 aromatic rings. The van der Waals surface area contributed by atoms with E-state index < -0.39 is 17.2 Å². The van der Waals surface area contributed by atoms with Crippen molar-refractivity contribution in [3.05, 3.63) is 35.6 Å². The number of alkyl halides is 2. The van der Waals surface area contributed by atoms with Crippen LogP contribution in [0.15, 0.2) is 24.3 Å². The van der Waals surface area contributed by atoms with Gasteiger partial charge in [0.15, 0.2) is 0 Å². The fourth-order valence-corrected chi connectivity index (χ4v) is 1.60. The lowest BCUT2D eigenvalue weighted by Gasteiger charge is -2.10. The van der Waals surface area contributed by atoms with Crippen LogP contribution in [0.1, 0.15) is 18.9 Å². The fraction of sp³-hybridized carbons (Fsp3) is 0.400. The molecule has 2 rings (SSSR count). The van der Waals surface area contributed by atoms with Gasteiger partial charge in [0.1, 0.15) is 5.82 Å². The SMILES string of the molecule is CC1(c2ccccc2F)CC1(F)F. The highest BCUT2D eigenvalue weighted by atomic mass is 19.3. The molecule has 1 fully saturated rings. The maximum atomic E-state index is 13.1. The largest absolute Gasteiger partial charge is 0.258 e. The summed E-state index contributed by atoms with van der Waals surface area (Å²) in [5.41, 5.74) is -1.15. The van der Waals surface area contributed by atoms with E-state index in [-0.39, 0.29) is 12.0 Å². The summed E-state index contributed by atoms with van der Waals surface area (Å²) in [6.45, 7) is 1.39. The average Bonchev–Trinajstić information content (AvgIpc) is 2.53. The van der Waals surface area contributed by atoms with E-state index in [1.165, 1.54) is 25.1 Å². The standard InChI is InChI=1S/C10H9F3/c1-9(6-10(9,12)13)7-4-2-3-5-8(7)11/h2-5H,6H2,1H3. The van der Waals surface area contributed by atoms with Crippen molar-refractivity contribution in [1.82, 2.24) is 0 Å². The highest BCUT2D eigenvalue weighted by molar-refractivity contribution is 5.37. The summed E-state index contributed by atoms with van der Waals surface area (Å²) >= 11 is 0. The van der Waals surface area contributed by atoms with E-state index in [0.29, 0.717) is 0 Å². The fourth-order valence-electron chi connectivity index (χ4n) is 1.60. The lowest BCUT2D eigenvalue weighted by atomic mass is 9.97. The van der Waals surface area contributed by atoms with E-state index in [4.69, 9.17) is 0 Å². The molecule has 0 spiro atoms. The summed E-state index contributed by atoms with van der Waals surface area (Å²) in [6.07, 6.45) is -0.249. The lowest BCUT2D eigenvalue weighted by Crippen LogP contribution is -2.13. The average molecular weight is 186 g/mol.